The molecule has 28 heavy (non-hydrogen) atoms. The molecule has 0 saturated carbocycles. The molecule has 2 atom stereocenters. The van der Waals surface area contributed by atoms with E-state index in [9.17, 15) is 13.2 Å². The highest BCUT2D eigenvalue weighted by molar-refractivity contribution is 7.89. The van der Waals surface area contributed by atoms with Gasteiger partial charge in [-0.2, -0.15) is 4.31 Å². The molecule has 2 aromatic rings. The first-order valence-corrected chi connectivity index (χ1v) is 10.4. The first-order valence-electron chi connectivity index (χ1n) is 8.94. The molecule has 3 rings (SSSR count). The monoisotopic (exact) mass is 427 g/mol. The van der Waals surface area contributed by atoms with E-state index in [1.807, 2.05) is 30.3 Å². The molecule has 1 aliphatic heterocycles. The second-order valence-electron chi connectivity index (χ2n) is 6.80. The van der Waals surface area contributed by atoms with Crippen molar-refractivity contribution < 1.29 is 17.9 Å². The van der Waals surface area contributed by atoms with Gasteiger partial charge in [-0.25, -0.2) is 13.2 Å². The SMILES string of the molecule is CCOC(=O)c1[nH]c(C)c(S(=O)(=O)N2C[C@@H](N)[C@H](c3ccccc3)C2)c1C.Cl. The van der Waals surface area contributed by atoms with Crippen LogP contribution in [-0.4, -0.2) is 49.4 Å². The van der Waals surface area contributed by atoms with Gasteiger partial charge >= 0.3 is 5.97 Å². The van der Waals surface area contributed by atoms with Gasteiger partial charge in [-0.1, -0.05) is 30.3 Å². The highest BCUT2D eigenvalue weighted by Crippen LogP contribution is 2.33. The van der Waals surface area contributed by atoms with Crippen molar-refractivity contribution in [3.63, 3.8) is 0 Å². The maximum atomic E-state index is 13.3. The Balaban J connectivity index is 0.00000280. The quantitative estimate of drug-likeness (QED) is 0.712. The van der Waals surface area contributed by atoms with Gasteiger partial charge in [0.2, 0.25) is 10.0 Å². The summed E-state index contributed by atoms with van der Waals surface area (Å²) in [5.41, 5.74) is 8.26. The number of ether oxygens (including phenoxy) is 1. The Labute approximate surface area is 171 Å². The average molecular weight is 428 g/mol. The molecule has 2 heterocycles. The molecule has 3 N–H and O–H groups in total. The minimum Gasteiger partial charge on any atom is -0.461 e. The number of benzene rings is 1. The molecule has 0 bridgehead atoms. The number of halogens is 1. The van der Waals surface area contributed by atoms with Crippen LogP contribution in [0.3, 0.4) is 0 Å². The van der Waals surface area contributed by atoms with E-state index >= 15 is 0 Å². The van der Waals surface area contributed by atoms with Crippen molar-refractivity contribution in [2.24, 2.45) is 5.73 Å². The maximum Gasteiger partial charge on any atom is 0.355 e. The van der Waals surface area contributed by atoms with Crippen LogP contribution in [-0.2, 0) is 14.8 Å². The third kappa shape index (κ3) is 3.96. The number of nitrogens with two attached hydrogens (primary N) is 1. The van der Waals surface area contributed by atoms with Crippen molar-refractivity contribution in [3.8, 4) is 0 Å². The van der Waals surface area contributed by atoms with Gasteiger partial charge in [-0.15, -0.1) is 12.4 Å². The summed E-state index contributed by atoms with van der Waals surface area (Å²) in [6.07, 6.45) is 0. The Morgan fingerprint density at radius 3 is 2.50 bits per heavy atom. The minimum absolute atomic E-state index is 0. The van der Waals surface area contributed by atoms with Gasteiger partial charge in [-0.3, -0.25) is 0 Å². The van der Waals surface area contributed by atoms with Gasteiger partial charge in [0.1, 0.15) is 10.6 Å². The lowest BCUT2D eigenvalue weighted by molar-refractivity contribution is 0.0519. The van der Waals surface area contributed by atoms with Crippen LogP contribution in [0.5, 0.6) is 0 Å². The molecule has 9 heteroatoms. The lowest BCUT2D eigenvalue weighted by Crippen LogP contribution is -2.32. The largest absolute Gasteiger partial charge is 0.461 e. The Morgan fingerprint density at radius 1 is 1.25 bits per heavy atom. The van der Waals surface area contributed by atoms with Crippen LogP contribution in [0.1, 0.15) is 40.2 Å². The van der Waals surface area contributed by atoms with E-state index in [-0.39, 0.29) is 48.1 Å². The Kier molecular flexibility index (Phi) is 6.93. The smallest absolute Gasteiger partial charge is 0.355 e. The van der Waals surface area contributed by atoms with Gasteiger partial charge in [-0.05, 0) is 26.3 Å². The summed E-state index contributed by atoms with van der Waals surface area (Å²) in [5, 5.41) is 0. The van der Waals surface area contributed by atoms with Gasteiger partial charge in [0, 0.05) is 36.3 Å². The van der Waals surface area contributed by atoms with E-state index in [0.29, 0.717) is 17.8 Å². The van der Waals surface area contributed by atoms with Crippen LogP contribution in [0.15, 0.2) is 35.2 Å². The van der Waals surface area contributed by atoms with E-state index in [2.05, 4.69) is 4.98 Å². The summed E-state index contributed by atoms with van der Waals surface area (Å²) in [6, 6.07) is 9.41. The van der Waals surface area contributed by atoms with Crippen LogP contribution in [0.4, 0.5) is 0 Å². The fourth-order valence-electron chi connectivity index (χ4n) is 3.70. The lowest BCUT2D eigenvalue weighted by atomic mass is 9.95. The van der Waals surface area contributed by atoms with E-state index < -0.39 is 16.0 Å². The van der Waals surface area contributed by atoms with E-state index in [1.54, 1.807) is 20.8 Å². The molecule has 0 unspecified atom stereocenters. The fourth-order valence-corrected chi connectivity index (χ4v) is 5.61. The number of sulfonamides is 1. The van der Waals surface area contributed by atoms with Gasteiger partial charge < -0.3 is 15.5 Å². The molecule has 7 nitrogen and oxygen atoms in total. The van der Waals surface area contributed by atoms with Crippen molar-refractivity contribution in [3.05, 3.63) is 52.8 Å². The summed E-state index contributed by atoms with van der Waals surface area (Å²) >= 11 is 0. The zero-order valence-corrected chi connectivity index (χ0v) is 17.8. The standard InChI is InChI=1S/C19H25N3O4S.ClH/c1-4-26-19(23)17-12(2)18(13(3)21-17)27(24,25)22-10-15(16(20)11-22)14-8-6-5-7-9-14;/h5-9,15-16,21H,4,10-11,20H2,1-3H3;1H/t15-,16+;/m0./s1. The summed E-state index contributed by atoms with van der Waals surface area (Å²) < 4.78 is 33.0. The number of esters is 1. The highest BCUT2D eigenvalue weighted by atomic mass is 35.5. The number of carbonyl (C=O) groups excluding carboxylic acids is 1. The summed E-state index contributed by atoms with van der Waals surface area (Å²) in [4.78, 5) is 15.1. The van der Waals surface area contributed by atoms with Crippen LogP contribution >= 0.6 is 12.4 Å². The summed E-state index contributed by atoms with van der Waals surface area (Å²) in [6.45, 7) is 5.74. The molecule has 1 aromatic heterocycles. The summed E-state index contributed by atoms with van der Waals surface area (Å²) in [5.74, 6) is -0.620. The van der Waals surface area contributed by atoms with Crippen LogP contribution < -0.4 is 5.73 Å². The van der Waals surface area contributed by atoms with Crippen molar-refractivity contribution in [1.29, 1.82) is 0 Å². The van der Waals surface area contributed by atoms with Crippen LogP contribution in [0.2, 0.25) is 0 Å². The number of aromatic amines is 1. The highest BCUT2D eigenvalue weighted by Gasteiger charge is 2.40. The van der Waals surface area contributed by atoms with E-state index in [0.717, 1.165) is 5.56 Å². The Hall–Kier alpha value is -1.87. The van der Waals surface area contributed by atoms with E-state index in [4.69, 9.17) is 10.5 Å². The molecular formula is C19H26ClN3O4S. The molecular weight excluding hydrogens is 402 g/mol. The first kappa shape index (κ1) is 22.4. The maximum absolute atomic E-state index is 13.3. The summed E-state index contributed by atoms with van der Waals surface area (Å²) in [7, 11) is -3.79. The van der Waals surface area contributed by atoms with Crippen molar-refractivity contribution in [1.82, 2.24) is 9.29 Å². The third-order valence-corrected chi connectivity index (χ3v) is 7.11. The number of hydrogen-bond acceptors (Lipinski definition) is 5. The predicted molar refractivity (Wildman–Crippen MR) is 109 cm³/mol. The fraction of sp³-hybridized carbons (Fsp3) is 0.421. The molecule has 1 fully saturated rings. The van der Waals surface area contributed by atoms with Gasteiger partial charge in [0.25, 0.3) is 0 Å². The van der Waals surface area contributed by atoms with Gasteiger partial charge in [0.05, 0.1) is 6.61 Å². The number of rotatable bonds is 5. The molecule has 1 saturated heterocycles. The molecule has 1 aromatic carbocycles. The lowest BCUT2D eigenvalue weighted by Gasteiger charge is -2.17. The second kappa shape index (κ2) is 8.65. The predicted octanol–water partition coefficient (Wildman–Crippen LogP) is 2.35. The van der Waals surface area contributed by atoms with Crippen molar-refractivity contribution >= 4 is 28.4 Å². The topological polar surface area (TPSA) is 105 Å². The number of nitrogens with one attached hydrogen (secondary N) is 1. The zero-order chi connectivity index (χ0) is 19.8. The Bertz CT molecular complexity index is 944. The van der Waals surface area contributed by atoms with Crippen LogP contribution in [0, 0.1) is 13.8 Å². The molecule has 1 aliphatic rings. The van der Waals surface area contributed by atoms with E-state index in [1.165, 1.54) is 4.31 Å². The third-order valence-electron chi connectivity index (χ3n) is 5.01. The number of nitrogens with zero attached hydrogens (tertiary/aromatic N) is 1. The number of aryl methyl sites for hydroxylation is 1. The van der Waals surface area contributed by atoms with Crippen molar-refractivity contribution in [2.75, 3.05) is 19.7 Å². The normalized spacial score (nSPS) is 20.0. The number of carbonyl (C=O) groups is 1. The van der Waals surface area contributed by atoms with Crippen molar-refractivity contribution in [2.45, 2.75) is 37.6 Å². The number of H-pyrrole nitrogens is 1. The average Bonchev–Trinajstić information content (AvgIpc) is 3.16. The molecule has 154 valence electrons. The molecule has 0 spiro atoms. The second-order valence-corrected chi connectivity index (χ2v) is 8.68. The number of aromatic nitrogens is 1. The molecule has 0 amide bonds. The Morgan fingerprint density at radius 2 is 1.89 bits per heavy atom. The van der Waals surface area contributed by atoms with Crippen LogP contribution in [0.25, 0.3) is 0 Å². The number of hydrogen-bond donors (Lipinski definition) is 2. The molecule has 0 radical (unpaired) electrons. The zero-order valence-electron chi connectivity index (χ0n) is 16.1. The molecule has 0 aliphatic carbocycles. The van der Waals surface area contributed by atoms with Gasteiger partial charge in [0.15, 0.2) is 0 Å². The minimum atomic E-state index is -3.79. The first-order chi connectivity index (χ1) is 12.8.